The van der Waals surface area contributed by atoms with E-state index >= 15 is 0 Å². The molecule has 2 N–H and O–H groups in total. The van der Waals surface area contributed by atoms with Crippen molar-refractivity contribution in [3.63, 3.8) is 0 Å². The number of fused-ring (bicyclic) bond motifs is 2. The van der Waals surface area contributed by atoms with Crippen molar-refractivity contribution in [2.45, 2.75) is 25.8 Å². The number of urea groups is 1. The first-order valence-corrected chi connectivity index (χ1v) is 10.3. The van der Waals surface area contributed by atoms with Gasteiger partial charge in [0.15, 0.2) is 0 Å². The lowest BCUT2D eigenvalue weighted by molar-refractivity contribution is 0.0960. The fourth-order valence-electron chi connectivity index (χ4n) is 4.54. The Bertz CT molecular complexity index is 1150. The molecule has 3 aromatic carbocycles. The molecule has 2 aliphatic heterocycles. The molecule has 5 heteroatoms. The van der Waals surface area contributed by atoms with Crippen LogP contribution in [0.15, 0.2) is 66.7 Å². The third-order valence-electron chi connectivity index (χ3n) is 6.01. The summed E-state index contributed by atoms with van der Waals surface area (Å²) in [4.78, 5) is 27.7. The van der Waals surface area contributed by atoms with Crippen molar-refractivity contribution >= 4 is 23.3 Å². The predicted octanol–water partition coefficient (Wildman–Crippen LogP) is 4.81. The Kier molecular flexibility index (Phi) is 4.51. The van der Waals surface area contributed by atoms with E-state index in [2.05, 4.69) is 16.7 Å². The third-order valence-corrected chi connectivity index (χ3v) is 6.01. The predicted molar refractivity (Wildman–Crippen MR) is 118 cm³/mol. The quantitative estimate of drug-likeness (QED) is 0.652. The van der Waals surface area contributed by atoms with Crippen molar-refractivity contribution in [3.8, 4) is 0 Å². The minimum absolute atomic E-state index is 0.113. The normalized spacial score (nSPS) is 17.2. The van der Waals surface area contributed by atoms with Crippen LogP contribution in [0, 0.1) is 6.92 Å². The minimum atomic E-state index is -0.279. The molecule has 3 amide bonds. The Labute approximate surface area is 175 Å². The summed E-state index contributed by atoms with van der Waals surface area (Å²) < 4.78 is 0. The van der Waals surface area contributed by atoms with Gasteiger partial charge in [0.25, 0.3) is 5.91 Å². The Morgan fingerprint density at radius 2 is 1.83 bits per heavy atom. The number of benzene rings is 3. The molecule has 0 radical (unpaired) electrons. The monoisotopic (exact) mass is 397 g/mol. The van der Waals surface area contributed by atoms with Crippen LogP contribution in [0.2, 0.25) is 0 Å². The van der Waals surface area contributed by atoms with Crippen LogP contribution in [0.4, 0.5) is 16.2 Å². The van der Waals surface area contributed by atoms with Crippen molar-refractivity contribution in [1.29, 1.82) is 0 Å². The molecular formula is C25H23N3O2. The SMILES string of the molecule is Cc1ccccc1C1NC(=O)c2cccc(NC(=O)N3CCCc4ccccc43)c21. The molecule has 1 unspecified atom stereocenters. The molecule has 0 aromatic heterocycles. The van der Waals surface area contributed by atoms with Crippen molar-refractivity contribution in [2.24, 2.45) is 0 Å². The molecule has 150 valence electrons. The second-order valence-corrected chi connectivity index (χ2v) is 7.84. The van der Waals surface area contributed by atoms with E-state index in [0.717, 1.165) is 35.2 Å². The lowest BCUT2D eigenvalue weighted by Gasteiger charge is -2.30. The van der Waals surface area contributed by atoms with Crippen LogP contribution in [0.5, 0.6) is 0 Å². The van der Waals surface area contributed by atoms with Gasteiger partial charge in [-0.1, -0.05) is 48.5 Å². The fraction of sp³-hybridized carbons (Fsp3) is 0.200. The summed E-state index contributed by atoms with van der Waals surface area (Å²) in [6.45, 7) is 2.71. The molecule has 5 nitrogen and oxygen atoms in total. The number of hydrogen-bond donors (Lipinski definition) is 2. The molecule has 0 fully saturated rings. The van der Waals surface area contributed by atoms with Gasteiger partial charge in [-0.2, -0.15) is 0 Å². The Hall–Kier alpha value is -3.60. The highest BCUT2D eigenvalue weighted by molar-refractivity contribution is 6.06. The maximum atomic E-state index is 13.2. The van der Waals surface area contributed by atoms with Gasteiger partial charge < -0.3 is 10.6 Å². The van der Waals surface area contributed by atoms with Gasteiger partial charge in [0.2, 0.25) is 0 Å². The number of nitrogens with one attached hydrogen (secondary N) is 2. The molecule has 0 aliphatic carbocycles. The maximum absolute atomic E-state index is 13.2. The molecule has 0 spiro atoms. The molecule has 1 atom stereocenters. The third kappa shape index (κ3) is 3.03. The van der Waals surface area contributed by atoms with Crippen LogP contribution in [0.1, 0.15) is 45.1 Å². The Morgan fingerprint density at radius 3 is 2.70 bits per heavy atom. The van der Waals surface area contributed by atoms with Crippen LogP contribution >= 0.6 is 0 Å². The van der Waals surface area contributed by atoms with E-state index in [-0.39, 0.29) is 18.0 Å². The Balaban J connectivity index is 1.51. The van der Waals surface area contributed by atoms with Gasteiger partial charge in [0, 0.05) is 29.0 Å². The van der Waals surface area contributed by atoms with Gasteiger partial charge in [-0.25, -0.2) is 4.79 Å². The van der Waals surface area contributed by atoms with Gasteiger partial charge in [-0.3, -0.25) is 9.69 Å². The summed E-state index contributed by atoms with van der Waals surface area (Å²) in [6, 6.07) is 21.1. The molecule has 0 saturated carbocycles. The zero-order valence-corrected chi connectivity index (χ0v) is 16.8. The zero-order chi connectivity index (χ0) is 20.7. The number of rotatable bonds is 2. The summed E-state index contributed by atoms with van der Waals surface area (Å²) in [5, 5.41) is 6.17. The minimum Gasteiger partial charge on any atom is -0.341 e. The summed E-state index contributed by atoms with van der Waals surface area (Å²) in [5.41, 5.74) is 6.39. The van der Waals surface area contributed by atoms with E-state index in [0.29, 0.717) is 17.8 Å². The standard InChI is InChI=1S/C25H23N3O2/c1-16-8-2-4-11-18(16)23-22-19(24(29)27-23)12-6-13-20(22)26-25(30)28-15-7-10-17-9-3-5-14-21(17)28/h2-6,8-9,11-14,23H,7,10,15H2,1H3,(H,26,30)(H,27,29). The average Bonchev–Trinajstić information content (AvgIpc) is 3.11. The lowest BCUT2D eigenvalue weighted by atomic mass is 9.94. The van der Waals surface area contributed by atoms with Crippen molar-refractivity contribution in [2.75, 3.05) is 16.8 Å². The van der Waals surface area contributed by atoms with Crippen LogP contribution in [-0.2, 0) is 6.42 Å². The zero-order valence-electron chi connectivity index (χ0n) is 16.8. The van der Waals surface area contributed by atoms with Gasteiger partial charge in [-0.05, 0) is 54.7 Å². The summed E-state index contributed by atoms with van der Waals surface area (Å²) in [7, 11) is 0. The number of hydrogen-bond acceptors (Lipinski definition) is 2. The van der Waals surface area contributed by atoms with Gasteiger partial charge in [0.05, 0.1) is 6.04 Å². The van der Waals surface area contributed by atoms with Gasteiger partial charge in [-0.15, -0.1) is 0 Å². The summed E-state index contributed by atoms with van der Waals surface area (Å²) >= 11 is 0. The molecule has 3 aromatic rings. The largest absolute Gasteiger partial charge is 0.341 e. The number of amides is 3. The van der Waals surface area contributed by atoms with Crippen LogP contribution in [0.3, 0.4) is 0 Å². The van der Waals surface area contributed by atoms with Crippen molar-refractivity contribution in [3.05, 3.63) is 94.5 Å². The topological polar surface area (TPSA) is 61.4 Å². The second-order valence-electron chi connectivity index (χ2n) is 7.84. The fourth-order valence-corrected chi connectivity index (χ4v) is 4.54. The van der Waals surface area contributed by atoms with Gasteiger partial charge in [0.1, 0.15) is 0 Å². The number of carbonyl (C=O) groups excluding carboxylic acids is 2. The summed E-state index contributed by atoms with van der Waals surface area (Å²) in [5.74, 6) is -0.113. The molecule has 2 aliphatic rings. The molecule has 30 heavy (non-hydrogen) atoms. The first-order chi connectivity index (χ1) is 14.6. The molecule has 0 bridgehead atoms. The first-order valence-electron chi connectivity index (χ1n) is 10.3. The van der Waals surface area contributed by atoms with E-state index in [1.54, 1.807) is 4.90 Å². The van der Waals surface area contributed by atoms with Crippen LogP contribution in [0.25, 0.3) is 0 Å². The van der Waals surface area contributed by atoms with E-state index in [9.17, 15) is 9.59 Å². The number of carbonyl (C=O) groups is 2. The van der Waals surface area contributed by atoms with E-state index in [1.807, 2.05) is 67.6 Å². The Morgan fingerprint density at radius 1 is 1.03 bits per heavy atom. The molecule has 2 heterocycles. The number of nitrogens with zero attached hydrogens (tertiary/aromatic N) is 1. The van der Waals surface area contributed by atoms with Crippen LogP contribution < -0.4 is 15.5 Å². The highest BCUT2D eigenvalue weighted by Crippen LogP contribution is 2.38. The van der Waals surface area contributed by atoms with Crippen molar-refractivity contribution < 1.29 is 9.59 Å². The lowest BCUT2D eigenvalue weighted by Crippen LogP contribution is -2.39. The molecule has 5 rings (SSSR count). The van der Waals surface area contributed by atoms with E-state index < -0.39 is 0 Å². The van der Waals surface area contributed by atoms with Crippen LogP contribution in [-0.4, -0.2) is 18.5 Å². The number of aryl methyl sites for hydroxylation is 2. The highest BCUT2D eigenvalue weighted by atomic mass is 16.2. The smallest absolute Gasteiger partial charge is 0.326 e. The number of para-hydroxylation sites is 1. The van der Waals surface area contributed by atoms with Crippen molar-refractivity contribution in [1.82, 2.24) is 5.32 Å². The van der Waals surface area contributed by atoms with E-state index in [4.69, 9.17) is 0 Å². The second kappa shape index (κ2) is 7.34. The van der Waals surface area contributed by atoms with Gasteiger partial charge >= 0.3 is 6.03 Å². The average molecular weight is 397 g/mol. The summed E-state index contributed by atoms with van der Waals surface area (Å²) in [6.07, 6.45) is 1.91. The highest BCUT2D eigenvalue weighted by Gasteiger charge is 2.33. The van der Waals surface area contributed by atoms with E-state index in [1.165, 1.54) is 5.56 Å². The maximum Gasteiger partial charge on any atom is 0.326 e. The first kappa shape index (κ1) is 18.4. The number of anilines is 2. The molecular weight excluding hydrogens is 374 g/mol. The molecule has 0 saturated heterocycles.